The van der Waals surface area contributed by atoms with E-state index in [1.807, 2.05) is 30.3 Å². The first kappa shape index (κ1) is 19.0. The van der Waals surface area contributed by atoms with Gasteiger partial charge in [0, 0.05) is 11.3 Å². The molecule has 0 bridgehead atoms. The Hall–Kier alpha value is -2.80. The number of benzene rings is 2. The van der Waals surface area contributed by atoms with Crippen LogP contribution in [0.25, 0.3) is 6.08 Å². The van der Waals surface area contributed by atoms with Gasteiger partial charge in [-0.2, -0.15) is 0 Å². The van der Waals surface area contributed by atoms with Crippen LogP contribution in [0.4, 0.5) is 22.0 Å². The fraction of sp³-hybridized carbons (Fsp3) is 0.0500. The van der Waals surface area contributed by atoms with E-state index in [1.165, 1.54) is 11.3 Å². The fourth-order valence-electron chi connectivity index (χ4n) is 2.41. The van der Waals surface area contributed by atoms with Crippen LogP contribution in [-0.4, -0.2) is 5.78 Å². The summed E-state index contributed by atoms with van der Waals surface area (Å²) in [6.45, 7) is 0. The first-order valence-electron chi connectivity index (χ1n) is 7.75. The topological polar surface area (TPSA) is 17.1 Å². The van der Waals surface area contributed by atoms with Crippen LogP contribution in [-0.2, 0) is 6.42 Å². The van der Waals surface area contributed by atoms with Crippen LogP contribution in [0.3, 0.4) is 0 Å². The van der Waals surface area contributed by atoms with Gasteiger partial charge in [0.05, 0.1) is 10.4 Å². The van der Waals surface area contributed by atoms with E-state index in [0.29, 0.717) is 17.4 Å². The monoisotopic (exact) mass is 394 g/mol. The summed E-state index contributed by atoms with van der Waals surface area (Å²) >= 11 is 1.19. The van der Waals surface area contributed by atoms with Crippen LogP contribution in [0.15, 0.2) is 48.5 Å². The molecule has 0 radical (unpaired) electrons. The molecule has 0 amide bonds. The van der Waals surface area contributed by atoms with Crippen molar-refractivity contribution in [2.75, 3.05) is 0 Å². The molecule has 1 nitrogen and oxygen atoms in total. The first-order valence-corrected chi connectivity index (χ1v) is 8.56. The normalized spacial score (nSPS) is 11.3. The predicted octanol–water partition coefficient (Wildman–Crippen LogP) is 5.93. The van der Waals surface area contributed by atoms with E-state index in [9.17, 15) is 26.7 Å². The molecule has 0 fully saturated rings. The lowest BCUT2D eigenvalue weighted by Gasteiger charge is -2.03. The van der Waals surface area contributed by atoms with Crippen molar-refractivity contribution in [1.82, 2.24) is 0 Å². The van der Waals surface area contributed by atoms with Crippen LogP contribution in [0, 0.1) is 29.1 Å². The minimum Gasteiger partial charge on any atom is -0.288 e. The third-order valence-electron chi connectivity index (χ3n) is 3.77. The van der Waals surface area contributed by atoms with E-state index < -0.39 is 40.4 Å². The zero-order chi connectivity index (χ0) is 19.6. The smallest absolute Gasteiger partial charge is 0.200 e. The highest BCUT2D eigenvalue weighted by molar-refractivity contribution is 7.14. The van der Waals surface area contributed by atoms with Crippen molar-refractivity contribution < 1.29 is 26.7 Å². The van der Waals surface area contributed by atoms with Gasteiger partial charge in [-0.15, -0.1) is 11.3 Å². The van der Waals surface area contributed by atoms with E-state index in [2.05, 4.69) is 0 Å². The standard InChI is InChI=1S/C20H11F5OS/c21-16-13(17(22)19(24)20(25)18(16)23)7-8-14(26)15-9-6-12(27-15)10-11-4-2-1-3-5-11/h1-9H,10H2/b8-7+. The Morgan fingerprint density at radius 1 is 0.815 bits per heavy atom. The molecular formula is C20H11F5OS. The van der Waals surface area contributed by atoms with Gasteiger partial charge in [0.25, 0.3) is 0 Å². The van der Waals surface area contributed by atoms with E-state index in [0.717, 1.165) is 16.5 Å². The van der Waals surface area contributed by atoms with E-state index in [1.54, 1.807) is 12.1 Å². The number of ketones is 1. The second-order valence-electron chi connectivity index (χ2n) is 5.61. The molecule has 1 heterocycles. The molecule has 3 rings (SSSR count). The van der Waals surface area contributed by atoms with Gasteiger partial charge in [-0.25, -0.2) is 22.0 Å². The summed E-state index contributed by atoms with van der Waals surface area (Å²) < 4.78 is 66.6. The zero-order valence-electron chi connectivity index (χ0n) is 13.6. The highest BCUT2D eigenvalue weighted by Gasteiger charge is 2.24. The lowest BCUT2D eigenvalue weighted by atomic mass is 10.1. The Balaban J connectivity index is 1.81. The van der Waals surface area contributed by atoms with Crippen LogP contribution >= 0.6 is 11.3 Å². The average molecular weight is 394 g/mol. The summed E-state index contributed by atoms with van der Waals surface area (Å²) in [7, 11) is 0. The van der Waals surface area contributed by atoms with Crippen molar-refractivity contribution >= 4 is 23.2 Å². The van der Waals surface area contributed by atoms with Crippen LogP contribution < -0.4 is 0 Å². The number of carbonyl (C=O) groups is 1. The maximum Gasteiger partial charge on any atom is 0.200 e. The Kier molecular flexibility index (Phi) is 5.51. The van der Waals surface area contributed by atoms with Gasteiger partial charge in [-0.05, 0) is 29.8 Å². The third kappa shape index (κ3) is 3.98. The van der Waals surface area contributed by atoms with Gasteiger partial charge in [0.1, 0.15) is 0 Å². The maximum absolute atomic E-state index is 13.6. The number of rotatable bonds is 5. The van der Waals surface area contributed by atoms with Crippen molar-refractivity contribution in [3.8, 4) is 0 Å². The van der Waals surface area contributed by atoms with Crippen molar-refractivity contribution in [3.05, 3.63) is 98.5 Å². The Morgan fingerprint density at radius 3 is 2.04 bits per heavy atom. The lowest BCUT2D eigenvalue weighted by Crippen LogP contribution is -2.04. The second-order valence-corrected chi connectivity index (χ2v) is 6.78. The van der Waals surface area contributed by atoms with Gasteiger partial charge in [0.15, 0.2) is 29.1 Å². The van der Waals surface area contributed by atoms with Gasteiger partial charge >= 0.3 is 0 Å². The maximum atomic E-state index is 13.6. The number of hydrogen-bond acceptors (Lipinski definition) is 2. The molecule has 0 saturated carbocycles. The lowest BCUT2D eigenvalue weighted by molar-refractivity contribution is 0.105. The SMILES string of the molecule is O=C(/C=C/c1c(F)c(F)c(F)c(F)c1F)c1ccc(Cc2ccccc2)s1. The highest BCUT2D eigenvalue weighted by Crippen LogP contribution is 2.25. The molecule has 0 aliphatic heterocycles. The van der Waals surface area contributed by atoms with Crippen LogP contribution in [0.2, 0.25) is 0 Å². The van der Waals surface area contributed by atoms with Gasteiger partial charge in [0.2, 0.25) is 5.82 Å². The molecule has 0 aliphatic carbocycles. The zero-order valence-corrected chi connectivity index (χ0v) is 14.4. The van der Waals surface area contributed by atoms with Crippen LogP contribution in [0.1, 0.15) is 25.7 Å². The molecule has 0 atom stereocenters. The van der Waals surface area contributed by atoms with E-state index in [-0.39, 0.29) is 0 Å². The molecule has 3 aromatic rings. The molecule has 1 aromatic heterocycles. The first-order chi connectivity index (χ1) is 12.9. The number of hydrogen-bond donors (Lipinski definition) is 0. The number of carbonyl (C=O) groups excluding carboxylic acids is 1. The predicted molar refractivity (Wildman–Crippen MR) is 93.2 cm³/mol. The van der Waals surface area contributed by atoms with Gasteiger partial charge in [-0.1, -0.05) is 30.3 Å². The average Bonchev–Trinajstić information content (AvgIpc) is 3.14. The van der Waals surface area contributed by atoms with E-state index in [4.69, 9.17) is 0 Å². The largest absolute Gasteiger partial charge is 0.288 e. The molecule has 27 heavy (non-hydrogen) atoms. The molecule has 0 spiro atoms. The molecule has 2 aromatic carbocycles. The Labute approximate surface area is 155 Å². The summed E-state index contributed by atoms with van der Waals surface area (Å²) in [5.41, 5.74) is -0.101. The quantitative estimate of drug-likeness (QED) is 0.172. The molecular weight excluding hydrogens is 383 g/mol. The van der Waals surface area contributed by atoms with Crippen molar-refractivity contribution in [2.45, 2.75) is 6.42 Å². The summed E-state index contributed by atoms with van der Waals surface area (Å²) in [5.74, 6) is -10.9. The molecule has 0 unspecified atom stereocenters. The molecule has 0 saturated heterocycles. The van der Waals surface area contributed by atoms with Crippen molar-refractivity contribution in [2.24, 2.45) is 0 Å². The summed E-state index contributed by atoms with van der Waals surface area (Å²) in [5, 5.41) is 0. The van der Waals surface area contributed by atoms with Gasteiger partial charge < -0.3 is 0 Å². The highest BCUT2D eigenvalue weighted by atomic mass is 32.1. The summed E-state index contributed by atoms with van der Waals surface area (Å²) in [6.07, 6.45) is 1.99. The van der Waals surface area contributed by atoms with Crippen molar-refractivity contribution in [1.29, 1.82) is 0 Å². The third-order valence-corrected chi connectivity index (χ3v) is 4.87. The molecule has 7 heteroatoms. The van der Waals surface area contributed by atoms with E-state index >= 15 is 0 Å². The summed E-state index contributed by atoms with van der Waals surface area (Å²) in [6, 6.07) is 12.8. The fourth-order valence-corrected chi connectivity index (χ4v) is 3.37. The number of allylic oxidation sites excluding steroid dienone is 1. The minimum absolute atomic E-state index is 0.293. The number of halogens is 5. The van der Waals surface area contributed by atoms with Crippen LogP contribution in [0.5, 0.6) is 0 Å². The minimum atomic E-state index is -2.24. The Bertz CT molecular complexity index is 995. The molecule has 0 N–H and O–H groups in total. The molecule has 0 aliphatic rings. The van der Waals surface area contributed by atoms with Crippen molar-refractivity contribution in [3.63, 3.8) is 0 Å². The summed E-state index contributed by atoms with van der Waals surface area (Å²) in [4.78, 5) is 13.4. The van der Waals surface area contributed by atoms with Gasteiger partial charge in [-0.3, -0.25) is 4.79 Å². The molecule has 138 valence electrons. The number of thiophene rings is 1. The Morgan fingerprint density at radius 2 is 1.41 bits per heavy atom. The second kappa shape index (κ2) is 7.84.